The molecule has 3 rings (SSSR count). The molecule has 23 heavy (non-hydrogen) atoms. The van der Waals surface area contributed by atoms with Crippen LogP contribution in [0.15, 0.2) is 54.7 Å². The highest BCUT2D eigenvalue weighted by atomic mass is 19.1. The first-order valence-electron chi connectivity index (χ1n) is 7.05. The summed E-state index contributed by atoms with van der Waals surface area (Å²) in [5.41, 5.74) is 7.98. The predicted octanol–water partition coefficient (Wildman–Crippen LogP) is 3.48. The summed E-state index contributed by atoms with van der Waals surface area (Å²) in [5, 5.41) is 6.46. The van der Waals surface area contributed by atoms with Crippen molar-refractivity contribution < 1.29 is 9.18 Å². The van der Waals surface area contributed by atoms with Gasteiger partial charge in [-0.2, -0.15) is 0 Å². The van der Waals surface area contributed by atoms with Gasteiger partial charge in [0.1, 0.15) is 5.82 Å². The normalized spacial score (nSPS) is 10.5. The molecular weight excluding hydrogens is 295 g/mol. The Bertz CT molecular complexity index is 866. The van der Waals surface area contributed by atoms with Crippen molar-refractivity contribution in [3.8, 4) is 0 Å². The maximum absolute atomic E-state index is 13.7. The van der Waals surface area contributed by atoms with Gasteiger partial charge in [0, 0.05) is 35.1 Å². The van der Waals surface area contributed by atoms with Crippen molar-refractivity contribution in [3.63, 3.8) is 0 Å². The average molecular weight is 310 g/mol. The molecule has 2 amide bonds. The fraction of sp³-hybridized carbons (Fsp3) is 0.0588. The number of aromatic nitrogens is 1. The maximum atomic E-state index is 13.7. The second kappa shape index (κ2) is 6.31. The summed E-state index contributed by atoms with van der Waals surface area (Å²) in [6, 6.07) is 13.0. The molecule has 1 aromatic heterocycles. The number of fused-ring (bicyclic) bond motifs is 1. The highest BCUT2D eigenvalue weighted by molar-refractivity contribution is 5.88. The highest BCUT2D eigenvalue weighted by Crippen LogP contribution is 2.21. The van der Waals surface area contributed by atoms with E-state index in [4.69, 9.17) is 5.73 Å². The molecule has 3 aromatic rings. The number of halogens is 1. The van der Waals surface area contributed by atoms with Gasteiger partial charge in [-0.1, -0.05) is 12.1 Å². The summed E-state index contributed by atoms with van der Waals surface area (Å²) in [7, 11) is 0. The number of amides is 2. The fourth-order valence-electron chi connectivity index (χ4n) is 2.41. The Labute approximate surface area is 132 Å². The third kappa shape index (κ3) is 3.55. The molecular formula is C17H15FN4O. The molecule has 0 atom stereocenters. The molecule has 2 aromatic carbocycles. The van der Waals surface area contributed by atoms with E-state index in [1.807, 2.05) is 12.1 Å². The van der Waals surface area contributed by atoms with Gasteiger partial charge in [0.2, 0.25) is 0 Å². The van der Waals surface area contributed by atoms with Crippen LogP contribution in [0, 0.1) is 5.82 Å². The number of primary amides is 1. The summed E-state index contributed by atoms with van der Waals surface area (Å²) in [6.07, 6.45) is 1.68. The van der Waals surface area contributed by atoms with Gasteiger partial charge in [-0.25, -0.2) is 9.18 Å². The molecule has 0 aliphatic rings. The molecule has 4 N–H and O–H groups in total. The Morgan fingerprint density at radius 3 is 2.78 bits per heavy atom. The van der Waals surface area contributed by atoms with E-state index in [1.54, 1.807) is 30.5 Å². The van der Waals surface area contributed by atoms with E-state index in [0.717, 1.165) is 22.2 Å². The standard InChI is InChI=1S/C17H15FN4O/c18-13-7-11-3-2-6-20-16(11)12(8-13)10-21-14-4-1-5-15(9-14)22-17(19)23/h1-9,21H,10H2,(H3,19,22,23). The maximum Gasteiger partial charge on any atom is 0.316 e. The smallest absolute Gasteiger partial charge is 0.316 e. The summed E-state index contributed by atoms with van der Waals surface area (Å²) in [4.78, 5) is 15.2. The van der Waals surface area contributed by atoms with Crippen LogP contribution in [0.2, 0.25) is 0 Å². The van der Waals surface area contributed by atoms with Crippen molar-refractivity contribution in [2.45, 2.75) is 6.54 Å². The molecule has 0 radical (unpaired) electrons. The second-order valence-electron chi connectivity index (χ2n) is 5.06. The van der Waals surface area contributed by atoms with Gasteiger partial charge in [0.05, 0.1) is 5.52 Å². The number of nitrogens with one attached hydrogen (secondary N) is 2. The van der Waals surface area contributed by atoms with Gasteiger partial charge in [0.15, 0.2) is 0 Å². The number of hydrogen-bond acceptors (Lipinski definition) is 3. The minimum absolute atomic E-state index is 0.300. The lowest BCUT2D eigenvalue weighted by Gasteiger charge is -2.10. The van der Waals surface area contributed by atoms with Gasteiger partial charge in [-0.05, 0) is 36.4 Å². The third-order valence-corrected chi connectivity index (χ3v) is 3.36. The van der Waals surface area contributed by atoms with Crippen LogP contribution in [0.25, 0.3) is 10.9 Å². The molecule has 0 saturated carbocycles. The van der Waals surface area contributed by atoms with E-state index >= 15 is 0 Å². The van der Waals surface area contributed by atoms with Crippen molar-refractivity contribution in [2.24, 2.45) is 5.73 Å². The third-order valence-electron chi connectivity index (χ3n) is 3.36. The number of nitrogens with zero attached hydrogens (tertiary/aromatic N) is 1. The van der Waals surface area contributed by atoms with Crippen molar-refractivity contribution in [1.29, 1.82) is 0 Å². The van der Waals surface area contributed by atoms with E-state index in [2.05, 4.69) is 15.6 Å². The van der Waals surface area contributed by atoms with Crippen molar-refractivity contribution in [3.05, 3.63) is 66.1 Å². The van der Waals surface area contributed by atoms with Crippen LogP contribution in [-0.2, 0) is 6.54 Å². The lowest BCUT2D eigenvalue weighted by molar-refractivity contribution is 0.259. The minimum Gasteiger partial charge on any atom is -0.381 e. The summed E-state index contributed by atoms with van der Waals surface area (Å²) in [5.74, 6) is -0.300. The molecule has 6 heteroatoms. The number of urea groups is 1. The van der Waals surface area contributed by atoms with Crippen LogP contribution < -0.4 is 16.4 Å². The number of hydrogen-bond donors (Lipinski definition) is 3. The number of benzene rings is 2. The monoisotopic (exact) mass is 310 g/mol. The molecule has 0 unspecified atom stereocenters. The Balaban J connectivity index is 1.82. The van der Waals surface area contributed by atoms with Gasteiger partial charge in [-0.15, -0.1) is 0 Å². The summed E-state index contributed by atoms with van der Waals surface area (Å²) < 4.78 is 13.7. The van der Waals surface area contributed by atoms with Gasteiger partial charge < -0.3 is 16.4 Å². The lowest BCUT2D eigenvalue weighted by atomic mass is 10.1. The molecule has 0 aliphatic carbocycles. The first-order chi connectivity index (χ1) is 11.1. The fourth-order valence-corrected chi connectivity index (χ4v) is 2.41. The van der Waals surface area contributed by atoms with Crippen LogP contribution in [0.3, 0.4) is 0 Å². The van der Waals surface area contributed by atoms with E-state index in [0.29, 0.717) is 12.2 Å². The Hall–Kier alpha value is -3.15. The van der Waals surface area contributed by atoms with Crippen molar-refractivity contribution >= 4 is 28.3 Å². The first kappa shape index (κ1) is 14.8. The molecule has 0 bridgehead atoms. The Kier molecular flexibility index (Phi) is 4.05. The van der Waals surface area contributed by atoms with E-state index in [1.165, 1.54) is 12.1 Å². The number of rotatable bonds is 4. The molecule has 0 saturated heterocycles. The molecule has 5 nitrogen and oxygen atoms in total. The zero-order valence-electron chi connectivity index (χ0n) is 12.2. The molecule has 0 spiro atoms. The first-order valence-corrected chi connectivity index (χ1v) is 7.05. The lowest BCUT2D eigenvalue weighted by Crippen LogP contribution is -2.19. The van der Waals surface area contributed by atoms with E-state index < -0.39 is 6.03 Å². The van der Waals surface area contributed by atoms with Crippen LogP contribution in [-0.4, -0.2) is 11.0 Å². The predicted molar refractivity (Wildman–Crippen MR) is 88.7 cm³/mol. The van der Waals surface area contributed by atoms with E-state index in [9.17, 15) is 9.18 Å². The number of nitrogens with two attached hydrogens (primary N) is 1. The SMILES string of the molecule is NC(=O)Nc1cccc(NCc2cc(F)cc3cccnc23)c1. The number of anilines is 2. The van der Waals surface area contributed by atoms with Gasteiger partial charge in [-0.3, -0.25) is 4.98 Å². The largest absolute Gasteiger partial charge is 0.381 e. The van der Waals surface area contributed by atoms with Crippen LogP contribution >= 0.6 is 0 Å². The molecule has 1 heterocycles. The quantitative estimate of drug-likeness (QED) is 0.690. The van der Waals surface area contributed by atoms with Gasteiger partial charge in [0.25, 0.3) is 0 Å². The highest BCUT2D eigenvalue weighted by Gasteiger charge is 2.06. The number of carbonyl (C=O) groups is 1. The molecule has 0 fully saturated rings. The summed E-state index contributed by atoms with van der Waals surface area (Å²) >= 11 is 0. The Morgan fingerprint density at radius 2 is 1.96 bits per heavy atom. The van der Waals surface area contributed by atoms with Crippen LogP contribution in [0.1, 0.15) is 5.56 Å². The zero-order valence-corrected chi connectivity index (χ0v) is 12.2. The average Bonchev–Trinajstić information content (AvgIpc) is 2.52. The van der Waals surface area contributed by atoms with E-state index in [-0.39, 0.29) is 5.82 Å². The number of carbonyl (C=O) groups excluding carboxylic acids is 1. The summed E-state index contributed by atoms with van der Waals surface area (Å²) in [6.45, 7) is 0.408. The van der Waals surface area contributed by atoms with Crippen molar-refractivity contribution in [1.82, 2.24) is 4.98 Å². The minimum atomic E-state index is -0.623. The zero-order chi connectivity index (χ0) is 16.2. The number of pyridine rings is 1. The topological polar surface area (TPSA) is 80.0 Å². The van der Waals surface area contributed by atoms with Crippen LogP contribution in [0.5, 0.6) is 0 Å². The molecule has 0 aliphatic heterocycles. The second-order valence-corrected chi connectivity index (χ2v) is 5.06. The van der Waals surface area contributed by atoms with Gasteiger partial charge >= 0.3 is 6.03 Å². The Morgan fingerprint density at radius 1 is 1.13 bits per heavy atom. The van der Waals surface area contributed by atoms with Crippen LogP contribution in [0.4, 0.5) is 20.6 Å². The molecule has 116 valence electrons. The van der Waals surface area contributed by atoms with Crippen molar-refractivity contribution in [2.75, 3.05) is 10.6 Å².